The molecule has 0 amide bonds. The molecular weight excluding hydrogens is 214 g/mol. The lowest BCUT2D eigenvalue weighted by atomic mass is 9.70. The van der Waals surface area contributed by atoms with Gasteiger partial charge >= 0.3 is 0 Å². The minimum atomic E-state index is 0.583. The van der Waals surface area contributed by atoms with E-state index in [1.165, 1.54) is 43.6 Å². The Kier molecular flexibility index (Phi) is 4.23. The van der Waals surface area contributed by atoms with Crippen molar-refractivity contribution in [3.63, 3.8) is 0 Å². The smallest absolute Gasteiger partial charge is 0.00956 e. The van der Waals surface area contributed by atoms with Gasteiger partial charge in [0.05, 0.1) is 0 Å². The molecule has 1 N–H and O–H groups in total. The van der Waals surface area contributed by atoms with Crippen LogP contribution in [0.25, 0.3) is 0 Å². The van der Waals surface area contributed by atoms with Crippen molar-refractivity contribution in [3.8, 4) is 0 Å². The van der Waals surface area contributed by atoms with Crippen molar-refractivity contribution in [3.05, 3.63) is 0 Å². The average molecular weight is 241 g/mol. The van der Waals surface area contributed by atoms with Gasteiger partial charge in [-0.25, -0.2) is 0 Å². The molecule has 2 aliphatic rings. The van der Waals surface area contributed by atoms with E-state index in [1.807, 2.05) is 0 Å². The zero-order valence-electron chi connectivity index (χ0n) is 11.1. The summed E-state index contributed by atoms with van der Waals surface area (Å²) in [6.45, 7) is 7.30. The van der Waals surface area contributed by atoms with Crippen LogP contribution in [0.15, 0.2) is 0 Å². The van der Waals surface area contributed by atoms with Crippen molar-refractivity contribution in [2.24, 2.45) is 11.3 Å². The fourth-order valence-corrected chi connectivity index (χ4v) is 4.47. The van der Waals surface area contributed by atoms with E-state index < -0.39 is 0 Å². The molecule has 0 bridgehead atoms. The second-order valence-corrected chi connectivity index (χ2v) is 7.77. The molecule has 2 fully saturated rings. The van der Waals surface area contributed by atoms with Crippen LogP contribution in [0.5, 0.6) is 0 Å². The topological polar surface area (TPSA) is 12.0 Å². The van der Waals surface area contributed by atoms with Gasteiger partial charge in [-0.15, -0.1) is 0 Å². The van der Waals surface area contributed by atoms with Crippen LogP contribution in [-0.4, -0.2) is 23.6 Å². The summed E-state index contributed by atoms with van der Waals surface area (Å²) in [5.41, 5.74) is 0.583. The highest BCUT2D eigenvalue weighted by atomic mass is 32.2. The lowest BCUT2D eigenvalue weighted by molar-refractivity contribution is 0.140. The van der Waals surface area contributed by atoms with Gasteiger partial charge in [-0.3, -0.25) is 0 Å². The monoisotopic (exact) mass is 241 g/mol. The third kappa shape index (κ3) is 3.40. The molecule has 1 aliphatic heterocycles. The maximum Gasteiger partial charge on any atom is 0.00956 e. The SMILES string of the molecule is CC1CC(C)(C)CCC1NC1CCSCC1. The van der Waals surface area contributed by atoms with Gasteiger partial charge in [-0.2, -0.15) is 11.8 Å². The molecule has 0 radical (unpaired) electrons. The Balaban J connectivity index is 1.81. The predicted molar refractivity (Wildman–Crippen MR) is 74.1 cm³/mol. The van der Waals surface area contributed by atoms with Crippen LogP contribution in [-0.2, 0) is 0 Å². The van der Waals surface area contributed by atoms with E-state index in [0.717, 1.165) is 18.0 Å². The van der Waals surface area contributed by atoms with Gasteiger partial charge in [0, 0.05) is 12.1 Å². The highest BCUT2D eigenvalue weighted by molar-refractivity contribution is 7.99. The Bertz CT molecular complexity index is 221. The van der Waals surface area contributed by atoms with Crippen LogP contribution in [0.2, 0.25) is 0 Å². The van der Waals surface area contributed by atoms with Crippen molar-refractivity contribution in [1.29, 1.82) is 0 Å². The molecule has 1 saturated carbocycles. The van der Waals surface area contributed by atoms with Crippen LogP contribution in [0, 0.1) is 11.3 Å². The molecule has 2 unspecified atom stereocenters. The van der Waals surface area contributed by atoms with Crippen LogP contribution >= 0.6 is 11.8 Å². The quantitative estimate of drug-likeness (QED) is 0.791. The molecule has 0 aromatic rings. The van der Waals surface area contributed by atoms with E-state index in [0.29, 0.717) is 5.41 Å². The van der Waals surface area contributed by atoms with Gasteiger partial charge < -0.3 is 5.32 Å². The second-order valence-electron chi connectivity index (χ2n) is 6.54. The van der Waals surface area contributed by atoms with E-state index in [9.17, 15) is 0 Å². The molecule has 1 aliphatic carbocycles. The maximum atomic E-state index is 3.93. The van der Waals surface area contributed by atoms with Crippen LogP contribution in [0.3, 0.4) is 0 Å². The normalized spacial score (nSPS) is 36.2. The largest absolute Gasteiger partial charge is 0.311 e. The Labute approximate surface area is 105 Å². The van der Waals surface area contributed by atoms with Crippen molar-refractivity contribution in [1.82, 2.24) is 5.32 Å². The van der Waals surface area contributed by atoms with Gasteiger partial charge in [-0.05, 0) is 54.9 Å². The van der Waals surface area contributed by atoms with Crippen molar-refractivity contribution in [2.75, 3.05) is 11.5 Å². The van der Waals surface area contributed by atoms with Gasteiger partial charge in [-0.1, -0.05) is 20.8 Å². The zero-order valence-corrected chi connectivity index (χ0v) is 11.9. The van der Waals surface area contributed by atoms with E-state index in [1.54, 1.807) is 0 Å². The van der Waals surface area contributed by atoms with Crippen LogP contribution < -0.4 is 5.32 Å². The van der Waals surface area contributed by atoms with E-state index in [-0.39, 0.29) is 0 Å². The fourth-order valence-electron chi connectivity index (χ4n) is 3.36. The number of thioether (sulfide) groups is 1. The van der Waals surface area contributed by atoms with Crippen LogP contribution in [0.4, 0.5) is 0 Å². The second kappa shape index (κ2) is 5.30. The number of hydrogen-bond donors (Lipinski definition) is 1. The Morgan fingerprint density at radius 3 is 2.44 bits per heavy atom. The first-order chi connectivity index (χ1) is 7.57. The lowest BCUT2D eigenvalue weighted by Crippen LogP contribution is -2.47. The lowest BCUT2D eigenvalue weighted by Gasteiger charge is -2.41. The highest BCUT2D eigenvalue weighted by Crippen LogP contribution is 2.38. The Morgan fingerprint density at radius 2 is 1.81 bits per heavy atom. The maximum absolute atomic E-state index is 3.93. The molecule has 0 spiro atoms. The zero-order chi connectivity index (χ0) is 11.6. The van der Waals surface area contributed by atoms with Crippen molar-refractivity contribution in [2.45, 2.75) is 65.0 Å². The van der Waals surface area contributed by atoms with Gasteiger partial charge in [0.2, 0.25) is 0 Å². The summed E-state index contributed by atoms with van der Waals surface area (Å²) in [6.07, 6.45) is 6.95. The summed E-state index contributed by atoms with van der Waals surface area (Å²) in [5, 5.41) is 3.93. The summed E-state index contributed by atoms with van der Waals surface area (Å²) in [7, 11) is 0. The molecule has 1 nitrogen and oxygen atoms in total. The van der Waals surface area contributed by atoms with Gasteiger partial charge in [0.1, 0.15) is 0 Å². The van der Waals surface area contributed by atoms with E-state index in [2.05, 4.69) is 37.8 Å². The first kappa shape index (κ1) is 12.8. The first-order valence-electron chi connectivity index (χ1n) is 6.91. The van der Waals surface area contributed by atoms with Crippen molar-refractivity contribution < 1.29 is 0 Å². The van der Waals surface area contributed by atoms with E-state index >= 15 is 0 Å². The number of hydrogen-bond acceptors (Lipinski definition) is 2. The molecule has 1 saturated heterocycles. The van der Waals surface area contributed by atoms with Crippen LogP contribution in [0.1, 0.15) is 52.9 Å². The average Bonchev–Trinajstić information content (AvgIpc) is 2.23. The highest BCUT2D eigenvalue weighted by Gasteiger charge is 2.33. The summed E-state index contributed by atoms with van der Waals surface area (Å²) in [5.74, 6) is 3.59. The predicted octanol–water partition coefficient (Wildman–Crippen LogP) is 3.69. The number of rotatable bonds is 2. The summed E-state index contributed by atoms with van der Waals surface area (Å²) in [6, 6.07) is 1.61. The minimum Gasteiger partial charge on any atom is -0.311 e. The third-order valence-electron chi connectivity index (χ3n) is 4.36. The van der Waals surface area contributed by atoms with Gasteiger partial charge in [0.25, 0.3) is 0 Å². The molecule has 94 valence electrons. The minimum absolute atomic E-state index is 0.583. The Morgan fingerprint density at radius 1 is 1.12 bits per heavy atom. The fraction of sp³-hybridized carbons (Fsp3) is 1.00. The molecular formula is C14H27NS. The van der Waals surface area contributed by atoms with Gasteiger partial charge in [0.15, 0.2) is 0 Å². The molecule has 2 heteroatoms. The molecule has 0 aromatic carbocycles. The standard InChI is InChI=1S/C14H27NS/c1-11-10-14(2,3)7-4-13(11)15-12-5-8-16-9-6-12/h11-13,15H,4-10H2,1-3H3. The molecule has 2 atom stereocenters. The van der Waals surface area contributed by atoms with E-state index in [4.69, 9.17) is 0 Å². The number of nitrogens with one attached hydrogen (secondary N) is 1. The molecule has 0 aromatic heterocycles. The molecule has 1 heterocycles. The summed E-state index contributed by atoms with van der Waals surface area (Å²) in [4.78, 5) is 0. The first-order valence-corrected chi connectivity index (χ1v) is 8.06. The molecule has 2 rings (SSSR count). The Hall–Kier alpha value is 0.310. The van der Waals surface area contributed by atoms with Crippen molar-refractivity contribution >= 4 is 11.8 Å². The summed E-state index contributed by atoms with van der Waals surface area (Å²) >= 11 is 2.12. The molecule has 16 heavy (non-hydrogen) atoms. The summed E-state index contributed by atoms with van der Waals surface area (Å²) < 4.78 is 0. The third-order valence-corrected chi connectivity index (χ3v) is 5.41.